The summed E-state index contributed by atoms with van der Waals surface area (Å²) in [6, 6.07) is 6.57. The zero-order valence-corrected chi connectivity index (χ0v) is 11.5. The van der Waals surface area contributed by atoms with E-state index in [-0.39, 0.29) is 0 Å². The van der Waals surface area contributed by atoms with Crippen LogP contribution in [-0.2, 0) is 0 Å². The Hall–Kier alpha value is -0.870. The molecule has 2 atom stereocenters. The van der Waals surface area contributed by atoms with Gasteiger partial charge in [0.25, 0.3) is 0 Å². The molecular formula is C14H19NO2S. The molecule has 1 saturated heterocycles. The number of fused-ring (bicyclic) bond motifs is 1. The smallest absolute Gasteiger partial charge is 0.231 e. The van der Waals surface area contributed by atoms with Gasteiger partial charge in [0.2, 0.25) is 6.79 Å². The zero-order valence-electron chi connectivity index (χ0n) is 10.6. The van der Waals surface area contributed by atoms with Crippen molar-refractivity contribution in [1.82, 2.24) is 5.32 Å². The van der Waals surface area contributed by atoms with Gasteiger partial charge >= 0.3 is 0 Å². The van der Waals surface area contributed by atoms with Crippen molar-refractivity contribution < 1.29 is 9.47 Å². The van der Waals surface area contributed by atoms with Gasteiger partial charge in [-0.3, -0.25) is 0 Å². The molecule has 0 spiro atoms. The van der Waals surface area contributed by atoms with E-state index in [0.717, 1.165) is 24.0 Å². The van der Waals surface area contributed by atoms with Crippen molar-refractivity contribution in [2.24, 2.45) is 5.92 Å². The lowest BCUT2D eigenvalue weighted by Crippen LogP contribution is -2.25. The number of benzene rings is 1. The van der Waals surface area contributed by atoms with Crippen molar-refractivity contribution in [2.75, 3.05) is 24.8 Å². The van der Waals surface area contributed by atoms with Crippen LogP contribution in [0.25, 0.3) is 0 Å². The summed E-state index contributed by atoms with van der Waals surface area (Å²) in [5, 5.41) is 3.62. The Balaban J connectivity index is 1.59. The Labute approximate surface area is 112 Å². The molecule has 0 bridgehead atoms. The third-order valence-electron chi connectivity index (χ3n) is 3.63. The molecule has 0 radical (unpaired) electrons. The highest BCUT2D eigenvalue weighted by Gasteiger charge is 2.18. The number of ether oxygens (including phenoxy) is 2. The Morgan fingerprint density at radius 3 is 3.11 bits per heavy atom. The molecule has 0 aromatic heterocycles. The highest BCUT2D eigenvalue weighted by Crippen LogP contribution is 2.34. The molecule has 0 saturated carbocycles. The van der Waals surface area contributed by atoms with Crippen molar-refractivity contribution in [3.63, 3.8) is 0 Å². The second-order valence-electron chi connectivity index (χ2n) is 4.97. The third kappa shape index (κ3) is 2.59. The lowest BCUT2D eigenvalue weighted by atomic mass is 10.1. The molecule has 3 nitrogen and oxygen atoms in total. The fourth-order valence-corrected chi connectivity index (χ4v) is 3.67. The van der Waals surface area contributed by atoms with Crippen molar-refractivity contribution in [3.05, 3.63) is 23.8 Å². The summed E-state index contributed by atoms with van der Waals surface area (Å²) in [7, 11) is 0. The molecule has 4 heteroatoms. The maximum absolute atomic E-state index is 5.41. The average Bonchev–Trinajstić information content (AvgIpc) is 3.05. The molecule has 0 aliphatic carbocycles. The van der Waals surface area contributed by atoms with Crippen molar-refractivity contribution in [2.45, 2.75) is 19.4 Å². The molecule has 1 N–H and O–H groups in total. The fraction of sp³-hybridized carbons (Fsp3) is 0.571. The number of rotatable bonds is 4. The predicted molar refractivity (Wildman–Crippen MR) is 74.4 cm³/mol. The van der Waals surface area contributed by atoms with Crippen LogP contribution in [0.5, 0.6) is 11.5 Å². The topological polar surface area (TPSA) is 30.5 Å². The standard InChI is InChI=1S/C14H19NO2S/c1-10(15-7-11-4-5-18-8-11)12-2-3-13-14(6-12)17-9-16-13/h2-3,6,10-11,15H,4-5,7-9H2,1H3. The van der Waals surface area contributed by atoms with E-state index in [2.05, 4.69) is 36.1 Å². The van der Waals surface area contributed by atoms with Gasteiger partial charge < -0.3 is 14.8 Å². The number of thioether (sulfide) groups is 1. The summed E-state index contributed by atoms with van der Waals surface area (Å²) in [5.41, 5.74) is 1.27. The molecule has 0 amide bonds. The fourth-order valence-electron chi connectivity index (χ4n) is 2.39. The predicted octanol–water partition coefficient (Wildman–Crippen LogP) is 2.82. The summed E-state index contributed by atoms with van der Waals surface area (Å²) < 4.78 is 10.7. The minimum atomic E-state index is 0.347. The summed E-state index contributed by atoms with van der Waals surface area (Å²) in [6.45, 7) is 3.67. The SMILES string of the molecule is CC(NCC1CCSC1)c1ccc2c(c1)OCO2. The first-order chi connectivity index (χ1) is 8.83. The molecule has 2 aliphatic heterocycles. The van der Waals surface area contributed by atoms with Crippen LogP contribution < -0.4 is 14.8 Å². The van der Waals surface area contributed by atoms with E-state index >= 15 is 0 Å². The van der Waals surface area contributed by atoms with Crippen LogP contribution in [0.3, 0.4) is 0 Å². The normalized spacial score (nSPS) is 23.3. The van der Waals surface area contributed by atoms with E-state index < -0.39 is 0 Å². The lowest BCUT2D eigenvalue weighted by molar-refractivity contribution is 0.174. The minimum absolute atomic E-state index is 0.347. The second kappa shape index (κ2) is 5.41. The Morgan fingerprint density at radius 1 is 1.39 bits per heavy atom. The highest BCUT2D eigenvalue weighted by molar-refractivity contribution is 7.99. The maximum atomic E-state index is 5.41. The first-order valence-electron chi connectivity index (χ1n) is 6.53. The van der Waals surface area contributed by atoms with Gasteiger partial charge in [0.15, 0.2) is 11.5 Å². The molecule has 1 fully saturated rings. The first kappa shape index (κ1) is 12.2. The molecule has 2 unspecified atom stereocenters. The van der Waals surface area contributed by atoms with Crippen molar-refractivity contribution in [3.8, 4) is 11.5 Å². The maximum Gasteiger partial charge on any atom is 0.231 e. The molecule has 1 aromatic carbocycles. The number of hydrogen-bond acceptors (Lipinski definition) is 4. The van der Waals surface area contributed by atoms with E-state index in [9.17, 15) is 0 Å². The minimum Gasteiger partial charge on any atom is -0.454 e. The van der Waals surface area contributed by atoms with Crippen LogP contribution in [0.1, 0.15) is 24.9 Å². The molecule has 1 aromatic rings. The monoisotopic (exact) mass is 265 g/mol. The van der Waals surface area contributed by atoms with Crippen LogP contribution >= 0.6 is 11.8 Å². The number of hydrogen-bond donors (Lipinski definition) is 1. The van der Waals surface area contributed by atoms with E-state index in [1.807, 2.05) is 6.07 Å². The van der Waals surface area contributed by atoms with E-state index in [1.165, 1.54) is 23.5 Å². The van der Waals surface area contributed by atoms with Crippen LogP contribution in [0.4, 0.5) is 0 Å². The van der Waals surface area contributed by atoms with Gasteiger partial charge in [0, 0.05) is 6.04 Å². The Bertz CT molecular complexity index is 418. The van der Waals surface area contributed by atoms with Crippen LogP contribution in [-0.4, -0.2) is 24.8 Å². The van der Waals surface area contributed by atoms with Crippen molar-refractivity contribution >= 4 is 11.8 Å². The van der Waals surface area contributed by atoms with Crippen LogP contribution in [0.15, 0.2) is 18.2 Å². The number of nitrogens with one attached hydrogen (secondary N) is 1. The largest absolute Gasteiger partial charge is 0.454 e. The van der Waals surface area contributed by atoms with Crippen molar-refractivity contribution in [1.29, 1.82) is 0 Å². The summed E-state index contributed by atoms with van der Waals surface area (Å²) in [6.07, 6.45) is 1.35. The molecule has 3 rings (SSSR count). The van der Waals surface area contributed by atoms with Gasteiger partial charge in [0.1, 0.15) is 0 Å². The first-order valence-corrected chi connectivity index (χ1v) is 7.69. The second-order valence-corrected chi connectivity index (χ2v) is 6.12. The third-order valence-corrected chi connectivity index (χ3v) is 4.86. The van der Waals surface area contributed by atoms with Gasteiger partial charge in [0.05, 0.1) is 0 Å². The summed E-state index contributed by atoms with van der Waals surface area (Å²) >= 11 is 2.07. The molecule has 2 heterocycles. The van der Waals surface area contributed by atoms with Crippen LogP contribution in [0, 0.1) is 5.92 Å². The zero-order chi connectivity index (χ0) is 12.4. The quantitative estimate of drug-likeness (QED) is 0.907. The lowest BCUT2D eigenvalue weighted by Gasteiger charge is -2.17. The van der Waals surface area contributed by atoms with Gasteiger partial charge in [-0.15, -0.1) is 0 Å². The van der Waals surface area contributed by atoms with Gasteiger partial charge in [-0.05, 0) is 55.0 Å². The molecule has 98 valence electrons. The highest BCUT2D eigenvalue weighted by atomic mass is 32.2. The average molecular weight is 265 g/mol. The molecule has 2 aliphatic rings. The van der Waals surface area contributed by atoms with E-state index in [1.54, 1.807) is 0 Å². The van der Waals surface area contributed by atoms with Gasteiger partial charge in [-0.2, -0.15) is 11.8 Å². The van der Waals surface area contributed by atoms with Crippen LogP contribution in [0.2, 0.25) is 0 Å². The van der Waals surface area contributed by atoms with E-state index in [4.69, 9.17) is 9.47 Å². The van der Waals surface area contributed by atoms with E-state index in [0.29, 0.717) is 12.8 Å². The summed E-state index contributed by atoms with van der Waals surface area (Å²) in [4.78, 5) is 0. The molecule has 18 heavy (non-hydrogen) atoms. The Kier molecular flexibility index (Phi) is 3.66. The summed E-state index contributed by atoms with van der Waals surface area (Å²) in [5.74, 6) is 5.20. The van der Waals surface area contributed by atoms with Gasteiger partial charge in [-0.25, -0.2) is 0 Å². The molecular weight excluding hydrogens is 246 g/mol. The Morgan fingerprint density at radius 2 is 2.28 bits per heavy atom. The van der Waals surface area contributed by atoms with Gasteiger partial charge in [-0.1, -0.05) is 6.07 Å².